The van der Waals surface area contributed by atoms with E-state index in [9.17, 15) is 4.57 Å². The summed E-state index contributed by atoms with van der Waals surface area (Å²) in [6.45, 7) is 11.6. The Kier molecular flexibility index (Phi) is 8.53. The Morgan fingerprint density at radius 1 is 0.900 bits per heavy atom. The molecule has 0 aliphatic heterocycles. The van der Waals surface area contributed by atoms with Gasteiger partial charge in [-0.2, -0.15) is 0 Å². The molecule has 0 aromatic heterocycles. The van der Waals surface area contributed by atoms with Crippen molar-refractivity contribution in [1.29, 1.82) is 0 Å². The molecule has 0 spiro atoms. The number of phosphoric ester groups is 1. The molecule has 6 heteroatoms. The molecule has 0 rings (SSSR count). The SMILES string of the molecule is CCC(C)(CC)COCC(CC)(CC)COP(=O)(O)O. The standard InChI is InChI=1S/C14H31O5P/c1-6-13(5,7-2)10-18-11-14(8-3,9-4)12-19-20(15,16)17/h6-12H2,1-5H3,(H2,15,16,17). The van der Waals surface area contributed by atoms with E-state index in [1.54, 1.807) is 0 Å². The third-order valence-electron chi connectivity index (χ3n) is 4.60. The van der Waals surface area contributed by atoms with Gasteiger partial charge in [0.05, 0.1) is 19.8 Å². The molecule has 5 nitrogen and oxygen atoms in total. The van der Waals surface area contributed by atoms with Crippen molar-refractivity contribution in [2.45, 2.75) is 60.3 Å². The minimum atomic E-state index is -4.42. The topological polar surface area (TPSA) is 76.0 Å². The second kappa shape index (κ2) is 8.50. The monoisotopic (exact) mass is 310 g/mol. The Balaban J connectivity index is 4.50. The highest BCUT2D eigenvalue weighted by Gasteiger charge is 2.31. The Morgan fingerprint density at radius 2 is 1.40 bits per heavy atom. The summed E-state index contributed by atoms with van der Waals surface area (Å²) < 4.78 is 21.4. The van der Waals surface area contributed by atoms with E-state index in [2.05, 4.69) is 20.8 Å². The van der Waals surface area contributed by atoms with Crippen molar-refractivity contribution in [3.8, 4) is 0 Å². The molecule has 2 N–H and O–H groups in total. The lowest BCUT2D eigenvalue weighted by Crippen LogP contribution is -2.33. The van der Waals surface area contributed by atoms with E-state index in [4.69, 9.17) is 19.0 Å². The number of hydrogen-bond donors (Lipinski definition) is 2. The number of hydrogen-bond acceptors (Lipinski definition) is 3. The van der Waals surface area contributed by atoms with Gasteiger partial charge in [0.1, 0.15) is 0 Å². The van der Waals surface area contributed by atoms with Crippen molar-refractivity contribution < 1.29 is 23.6 Å². The smallest absolute Gasteiger partial charge is 0.380 e. The average molecular weight is 310 g/mol. The van der Waals surface area contributed by atoms with Gasteiger partial charge in [0.25, 0.3) is 0 Å². The van der Waals surface area contributed by atoms with Gasteiger partial charge in [-0.3, -0.25) is 4.52 Å². The zero-order valence-corrected chi connectivity index (χ0v) is 14.4. The van der Waals surface area contributed by atoms with Crippen LogP contribution in [0.15, 0.2) is 0 Å². The van der Waals surface area contributed by atoms with Gasteiger partial charge < -0.3 is 14.5 Å². The fraction of sp³-hybridized carbons (Fsp3) is 1.00. The van der Waals surface area contributed by atoms with Crippen LogP contribution in [0.1, 0.15) is 60.3 Å². The molecule has 20 heavy (non-hydrogen) atoms. The van der Waals surface area contributed by atoms with Crippen molar-refractivity contribution >= 4 is 7.82 Å². The van der Waals surface area contributed by atoms with Crippen LogP contribution in [-0.2, 0) is 13.8 Å². The molecule has 0 bridgehead atoms. The summed E-state index contributed by atoms with van der Waals surface area (Å²) in [6, 6.07) is 0. The van der Waals surface area contributed by atoms with Crippen LogP contribution >= 0.6 is 7.82 Å². The number of rotatable bonds is 11. The summed E-state index contributed by atoms with van der Waals surface area (Å²) in [7, 11) is -4.42. The van der Waals surface area contributed by atoms with Crippen molar-refractivity contribution in [2.24, 2.45) is 10.8 Å². The molecule has 0 fully saturated rings. The first kappa shape index (κ1) is 20.1. The molecule has 0 unspecified atom stereocenters. The lowest BCUT2D eigenvalue weighted by atomic mass is 9.83. The number of phosphoric acid groups is 1. The van der Waals surface area contributed by atoms with Gasteiger partial charge in [-0.25, -0.2) is 4.57 Å². The maximum Gasteiger partial charge on any atom is 0.469 e. The molecule has 0 radical (unpaired) electrons. The van der Waals surface area contributed by atoms with Crippen molar-refractivity contribution in [2.75, 3.05) is 19.8 Å². The molecule has 0 aromatic carbocycles. The van der Waals surface area contributed by atoms with Gasteiger partial charge in [0.2, 0.25) is 0 Å². The predicted octanol–water partition coefficient (Wildman–Crippen LogP) is 3.75. The first-order valence-electron chi connectivity index (χ1n) is 7.43. The van der Waals surface area contributed by atoms with Crippen LogP contribution < -0.4 is 0 Å². The first-order valence-corrected chi connectivity index (χ1v) is 8.96. The Morgan fingerprint density at radius 3 is 1.75 bits per heavy atom. The van der Waals surface area contributed by atoms with Crippen molar-refractivity contribution in [1.82, 2.24) is 0 Å². The highest BCUT2D eigenvalue weighted by molar-refractivity contribution is 7.46. The van der Waals surface area contributed by atoms with Crippen LogP contribution in [0.3, 0.4) is 0 Å². The molecule has 0 atom stereocenters. The third kappa shape index (κ3) is 7.19. The molecule has 0 aliphatic rings. The largest absolute Gasteiger partial charge is 0.469 e. The molecule has 0 saturated heterocycles. The van der Waals surface area contributed by atoms with Crippen molar-refractivity contribution in [3.63, 3.8) is 0 Å². The van der Waals surface area contributed by atoms with Crippen LogP contribution in [0.5, 0.6) is 0 Å². The first-order chi connectivity index (χ1) is 9.16. The summed E-state index contributed by atoms with van der Waals surface area (Å²) in [5, 5.41) is 0. The van der Waals surface area contributed by atoms with Gasteiger partial charge in [-0.05, 0) is 31.1 Å². The molecule has 0 amide bonds. The molecule has 0 aromatic rings. The molecule has 0 aliphatic carbocycles. The summed E-state index contributed by atoms with van der Waals surface area (Å²) >= 11 is 0. The summed E-state index contributed by atoms with van der Waals surface area (Å²) in [5.41, 5.74) is -0.166. The summed E-state index contributed by atoms with van der Waals surface area (Å²) in [4.78, 5) is 17.7. The molecule has 0 saturated carbocycles. The fourth-order valence-electron chi connectivity index (χ4n) is 1.89. The Hall–Kier alpha value is 0.0700. The van der Waals surface area contributed by atoms with Crippen molar-refractivity contribution in [3.05, 3.63) is 0 Å². The summed E-state index contributed by atoms with van der Waals surface area (Å²) in [5.74, 6) is 0. The normalized spacial score (nSPS) is 13.8. The van der Waals surface area contributed by atoms with Gasteiger partial charge in [0, 0.05) is 5.41 Å². The molecule has 0 heterocycles. The predicted molar refractivity (Wildman–Crippen MR) is 80.5 cm³/mol. The van der Waals surface area contributed by atoms with Gasteiger partial charge in [-0.15, -0.1) is 0 Å². The maximum atomic E-state index is 10.9. The second-order valence-electron chi connectivity index (χ2n) is 5.98. The van der Waals surface area contributed by atoms with Crippen LogP contribution in [0.2, 0.25) is 0 Å². The van der Waals surface area contributed by atoms with Crippen LogP contribution in [0, 0.1) is 10.8 Å². The summed E-state index contributed by atoms with van der Waals surface area (Å²) in [6.07, 6.45) is 3.62. The van der Waals surface area contributed by atoms with Crippen LogP contribution in [0.4, 0.5) is 0 Å². The van der Waals surface area contributed by atoms with E-state index in [1.165, 1.54) is 0 Å². The molecular formula is C14H31O5P. The van der Waals surface area contributed by atoms with Gasteiger partial charge in [0.15, 0.2) is 0 Å². The second-order valence-corrected chi connectivity index (χ2v) is 7.22. The Labute approximate surface area is 123 Å². The van der Waals surface area contributed by atoms with Gasteiger partial charge >= 0.3 is 7.82 Å². The zero-order valence-electron chi connectivity index (χ0n) is 13.5. The van der Waals surface area contributed by atoms with E-state index >= 15 is 0 Å². The quantitative estimate of drug-likeness (QED) is 0.568. The van der Waals surface area contributed by atoms with Gasteiger partial charge in [-0.1, -0.05) is 34.6 Å². The van der Waals surface area contributed by atoms with E-state index in [-0.39, 0.29) is 17.4 Å². The van der Waals surface area contributed by atoms with E-state index in [1.807, 2.05) is 13.8 Å². The van der Waals surface area contributed by atoms with E-state index in [0.29, 0.717) is 13.2 Å². The highest BCUT2D eigenvalue weighted by atomic mass is 31.2. The molecular weight excluding hydrogens is 279 g/mol. The third-order valence-corrected chi connectivity index (χ3v) is 5.07. The highest BCUT2D eigenvalue weighted by Crippen LogP contribution is 2.40. The minimum Gasteiger partial charge on any atom is -0.380 e. The zero-order chi connectivity index (χ0) is 15.9. The Bertz CT molecular complexity index is 305. The fourth-order valence-corrected chi connectivity index (χ4v) is 2.33. The van der Waals surface area contributed by atoms with E-state index in [0.717, 1.165) is 25.7 Å². The minimum absolute atomic E-state index is 0.0270. The lowest BCUT2D eigenvalue weighted by Gasteiger charge is -2.33. The molecule has 122 valence electrons. The van der Waals surface area contributed by atoms with Crippen LogP contribution in [0.25, 0.3) is 0 Å². The van der Waals surface area contributed by atoms with E-state index < -0.39 is 7.82 Å². The lowest BCUT2D eigenvalue weighted by molar-refractivity contribution is -0.0305. The average Bonchev–Trinajstić information content (AvgIpc) is 2.41. The maximum absolute atomic E-state index is 10.9. The van der Waals surface area contributed by atoms with Crippen LogP contribution in [-0.4, -0.2) is 29.6 Å². The number of ether oxygens (including phenoxy) is 1.